The van der Waals surface area contributed by atoms with E-state index in [1.54, 1.807) is 11.3 Å². The van der Waals surface area contributed by atoms with Crippen molar-refractivity contribution in [3.05, 3.63) is 22.4 Å². The second-order valence-electron chi connectivity index (χ2n) is 4.32. The van der Waals surface area contributed by atoms with Gasteiger partial charge in [0.2, 0.25) is 0 Å². The molecule has 0 aromatic carbocycles. The minimum Gasteiger partial charge on any atom is -0.329 e. The molecule has 80 valence electrons. The van der Waals surface area contributed by atoms with Crippen molar-refractivity contribution in [2.45, 2.75) is 32.4 Å². The fourth-order valence-corrected chi connectivity index (χ4v) is 2.21. The van der Waals surface area contributed by atoms with Crippen LogP contribution in [0.5, 0.6) is 0 Å². The lowest BCUT2D eigenvalue weighted by Gasteiger charge is -2.38. The van der Waals surface area contributed by atoms with Crippen molar-refractivity contribution in [2.24, 2.45) is 5.73 Å². The van der Waals surface area contributed by atoms with Crippen LogP contribution in [0.4, 0.5) is 0 Å². The van der Waals surface area contributed by atoms with Gasteiger partial charge in [0.1, 0.15) is 0 Å². The summed E-state index contributed by atoms with van der Waals surface area (Å²) in [7, 11) is 2.14. The average molecular weight is 212 g/mol. The van der Waals surface area contributed by atoms with Crippen LogP contribution in [0.2, 0.25) is 0 Å². The third kappa shape index (κ3) is 2.35. The first-order valence-corrected chi connectivity index (χ1v) is 5.83. The zero-order valence-electron chi connectivity index (χ0n) is 9.45. The van der Waals surface area contributed by atoms with Gasteiger partial charge in [0, 0.05) is 23.0 Å². The Bertz CT molecular complexity index is 267. The largest absolute Gasteiger partial charge is 0.329 e. The maximum Gasteiger partial charge on any atom is 0.0416 e. The first-order valence-electron chi connectivity index (χ1n) is 4.95. The molecule has 0 spiro atoms. The predicted octanol–water partition coefficient (Wildman–Crippen LogP) is 2.48. The highest BCUT2D eigenvalue weighted by atomic mass is 32.1. The van der Waals surface area contributed by atoms with Gasteiger partial charge in [-0.3, -0.25) is 4.90 Å². The Morgan fingerprint density at radius 1 is 1.57 bits per heavy atom. The summed E-state index contributed by atoms with van der Waals surface area (Å²) in [5.41, 5.74) is 5.82. The number of hydrogen-bond acceptors (Lipinski definition) is 3. The zero-order valence-corrected chi connectivity index (χ0v) is 10.3. The highest BCUT2D eigenvalue weighted by molar-refractivity contribution is 7.10. The highest BCUT2D eigenvalue weighted by Crippen LogP contribution is 2.28. The number of thiophene rings is 1. The molecule has 1 aromatic heterocycles. The summed E-state index contributed by atoms with van der Waals surface area (Å²) >= 11 is 1.80. The van der Waals surface area contributed by atoms with Crippen LogP contribution in [0.1, 0.15) is 31.7 Å². The molecular weight excluding hydrogens is 192 g/mol. The number of nitrogens with two attached hydrogens (primary N) is 1. The molecule has 0 bridgehead atoms. The van der Waals surface area contributed by atoms with Gasteiger partial charge in [0.05, 0.1) is 0 Å². The number of rotatable bonds is 4. The molecule has 0 saturated carbocycles. The Kier molecular flexibility index (Phi) is 3.70. The Hall–Kier alpha value is -0.380. The lowest BCUT2D eigenvalue weighted by molar-refractivity contribution is 0.119. The van der Waals surface area contributed by atoms with Gasteiger partial charge in [-0.15, -0.1) is 11.3 Å². The molecule has 1 aromatic rings. The van der Waals surface area contributed by atoms with Crippen LogP contribution in [-0.2, 0) is 0 Å². The fourth-order valence-electron chi connectivity index (χ4n) is 1.39. The smallest absolute Gasteiger partial charge is 0.0416 e. The van der Waals surface area contributed by atoms with Crippen molar-refractivity contribution in [1.82, 2.24) is 4.90 Å². The maximum absolute atomic E-state index is 5.76. The Morgan fingerprint density at radius 3 is 2.64 bits per heavy atom. The van der Waals surface area contributed by atoms with E-state index in [1.807, 2.05) is 0 Å². The van der Waals surface area contributed by atoms with Gasteiger partial charge < -0.3 is 5.73 Å². The van der Waals surface area contributed by atoms with Crippen molar-refractivity contribution in [1.29, 1.82) is 0 Å². The molecule has 0 radical (unpaired) electrons. The summed E-state index contributed by atoms with van der Waals surface area (Å²) in [4.78, 5) is 3.73. The molecule has 0 aliphatic heterocycles. The van der Waals surface area contributed by atoms with E-state index in [0.717, 1.165) is 0 Å². The minimum atomic E-state index is 0.0589. The van der Waals surface area contributed by atoms with E-state index in [2.05, 4.69) is 50.2 Å². The number of nitrogens with zero attached hydrogens (tertiary/aromatic N) is 1. The molecule has 1 unspecified atom stereocenters. The predicted molar refractivity (Wildman–Crippen MR) is 63.6 cm³/mol. The van der Waals surface area contributed by atoms with Crippen molar-refractivity contribution in [2.75, 3.05) is 13.6 Å². The van der Waals surface area contributed by atoms with Crippen LogP contribution < -0.4 is 5.73 Å². The van der Waals surface area contributed by atoms with Gasteiger partial charge in [-0.25, -0.2) is 0 Å². The molecule has 0 saturated heterocycles. The molecule has 14 heavy (non-hydrogen) atoms. The van der Waals surface area contributed by atoms with E-state index in [-0.39, 0.29) is 5.54 Å². The molecule has 1 rings (SSSR count). The van der Waals surface area contributed by atoms with E-state index in [4.69, 9.17) is 5.73 Å². The summed E-state index contributed by atoms with van der Waals surface area (Å²) in [6, 6.07) is 4.71. The topological polar surface area (TPSA) is 29.3 Å². The van der Waals surface area contributed by atoms with Crippen LogP contribution >= 0.6 is 11.3 Å². The van der Waals surface area contributed by atoms with Gasteiger partial charge in [-0.2, -0.15) is 0 Å². The standard InChI is InChI=1S/C11H20N2S/c1-9(10-6-5-7-14-10)13(4)11(2,3)8-12/h5-7,9H,8,12H2,1-4H3. The van der Waals surface area contributed by atoms with Crippen LogP contribution in [0, 0.1) is 0 Å². The molecule has 0 aliphatic carbocycles. The molecule has 0 fully saturated rings. The Morgan fingerprint density at radius 2 is 2.21 bits per heavy atom. The third-order valence-corrected chi connectivity index (χ3v) is 4.03. The Balaban J connectivity index is 2.75. The number of likely N-dealkylation sites (N-methyl/N-ethyl adjacent to an activating group) is 1. The fraction of sp³-hybridized carbons (Fsp3) is 0.636. The molecular formula is C11H20N2S. The minimum absolute atomic E-state index is 0.0589. The van der Waals surface area contributed by atoms with E-state index in [1.165, 1.54) is 4.88 Å². The second kappa shape index (κ2) is 4.43. The normalized spacial score (nSPS) is 14.7. The second-order valence-corrected chi connectivity index (χ2v) is 5.30. The first-order chi connectivity index (χ1) is 6.49. The molecule has 1 atom stereocenters. The summed E-state index contributed by atoms with van der Waals surface area (Å²) in [5.74, 6) is 0. The third-order valence-electron chi connectivity index (χ3n) is 2.99. The van der Waals surface area contributed by atoms with Gasteiger partial charge in [-0.1, -0.05) is 6.07 Å². The molecule has 2 N–H and O–H groups in total. The van der Waals surface area contributed by atoms with Gasteiger partial charge in [-0.05, 0) is 39.3 Å². The van der Waals surface area contributed by atoms with Gasteiger partial charge in [0.25, 0.3) is 0 Å². The quantitative estimate of drug-likeness (QED) is 0.831. The van der Waals surface area contributed by atoms with E-state index in [9.17, 15) is 0 Å². The van der Waals surface area contributed by atoms with E-state index < -0.39 is 0 Å². The monoisotopic (exact) mass is 212 g/mol. The summed E-state index contributed by atoms with van der Waals surface area (Å²) in [6.45, 7) is 7.26. The average Bonchev–Trinajstić information content (AvgIpc) is 2.68. The molecule has 3 heteroatoms. The first kappa shape index (κ1) is 11.7. The number of hydrogen-bond donors (Lipinski definition) is 1. The van der Waals surface area contributed by atoms with Crippen molar-refractivity contribution >= 4 is 11.3 Å². The van der Waals surface area contributed by atoms with Crippen LogP contribution in [0.25, 0.3) is 0 Å². The summed E-state index contributed by atoms with van der Waals surface area (Å²) in [6.07, 6.45) is 0. The van der Waals surface area contributed by atoms with Gasteiger partial charge in [0.15, 0.2) is 0 Å². The van der Waals surface area contributed by atoms with Crippen LogP contribution in [0.15, 0.2) is 17.5 Å². The van der Waals surface area contributed by atoms with Crippen molar-refractivity contribution in [3.8, 4) is 0 Å². The molecule has 0 amide bonds. The lowest BCUT2D eigenvalue weighted by atomic mass is 10.0. The van der Waals surface area contributed by atoms with Gasteiger partial charge >= 0.3 is 0 Å². The zero-order chi connectivity index (χ0) is 10.8. The van der Waals surface area contributed by atoms with E-state index in [0.29, 0.717) is 12.6 Å². The Labute approximate surface area is 90.7 Å². The molecule has 2 nitrogen and oxygen atoms in total. The maximum atomic E-state index is 5.76. The molecule has 0 aliphatic rings. The van der Waals surface area contributed by atoms with Crippen molar-refractivity contribution < 1.29 is 0 Å². The van der Waals surface area contributed by atoms with E-state index >= 15 is 0 Å². The lowest BCUT2D eigenvalue weighted by Crippen LogP contribution is -2.47. The summed E-state index contributed by atoms with van der Waals surface area (Å²) < 4.78 is 0. The van der Waals surface area contributed by atoms with Crippen LogP contribution in [0.3, 0.4) is 0 Å². The molecule has 1 heterocycles. The highest BCUT2D eigenvalue weighted by Gasteiger charge is 2.26. The van der Waals surface area contributed by atoms with Crippen LogP contribution in [-0.4, -0.2) is 24.0 Å². The summed E-state index contributed by atoms with van der Waals surface area (Å²) in [5, 5.41) is 2.12. The van der Waals surface area contributed by atoms with Crippen molar-refractivity contribution in [3.63, 3.8) is 0 Å². The SMILES string of the molecule is CC(c1cccs1)N(C)C(C)(C)CN.